The van der Waals surface area contributed by atoms with Gasteiger partial charge in [0.2, 0.25) is 0 Å². The molecule has 0 saturated heterocycles. The summed E-state index contributed by atoms with van der Waals surface area (Å²) < 4.78 is 4.80. The van der Waals surface area contributed by atoms with Crippen molar-refractivity contribution >= 4 is 5.97 Å². The fraction of sp³-hybridized carbons (Fsp3) is 0.538. The number of carbonyl (C=O) groups excluding carboxylic acids is 1. The van der Waals surface area contributed by atoms with Gasteiger partial charge in [0.15, 0.2) is 0 Å². The van der Waals surface area contributed by atoms with Gasteiger partial charge in [-0.3, -0.25) is 14.7 Å². The summed E-state index contributed by atoms with van der Waals surface area (Å²) >= 11 is 0. The molecule has 4 nitrogen and oxygen atoms in total. The Bertz CT molecular complexity index is 363. The first-order valence-electron chi connectivity index (χ1n) is 5.67. The lowest BCUT2D eigenvalue weighted by Crippen LogP contribution is -2.49. The van der Waals surface area contributed by atoms with Crippen LogP contribution in [-0.2, 0) is 16.0 Å². The second-order valence-corrected chi connectivity index (χ2v) is 4.58. The van der Waals surface area contributed by atoms with Gasteiger partial charge in [-0.05, 0) is 45.0 Å². The number of nitrogens with zero attached hydrogens (tertiary/aromatic N) is 2. The van der Waals surface area contributed by atoms with Crippen LogP contribution in [-0.4, -0.2) is 42.1 Å². The second kappa shape index (κ2) is 5.77. The van der Waals surface area contributed by atoms with Gasteiger partial charge in [0.05, 0.1) is 7.11 Å². The zero-order valence-corrected chi connectivity index (χ0v) is 10.9. The van der Waals surface area contributed by atoms with Crippen LogP contribution < -0.4 is 0 Å². The molecular weight excluding hydrogens is 216 g/mol. The smallest absolute Gasteiger partial charge is 0.325 e. The number of hydrogen-bond acceptors (Lipinski definition) is 4. The minimum atomic E-state index is -0.595. The highest BCUT2D eigenvalue weighted by Gasteiger charge is 2.32. The molecule has 0 aromatic carbocycles. The molecule has 0 aliphatic carbocycles. The summed E-state index contributed by atoms with van der Waals surface area (Å²) in [5.74, 6) is -0.213. The van der Waals surface area contributed by atoms with E-state index in [9.17, 15) is 4.79 Å². The van der Waals surface area contributed by atoms with Crippen molar-refractivity contribution in [3.8, 4) is 0 Å². The molecule has 0 unspecified atom stereocenters. The van der Waals surface area contributed by atoms with Gasteiger partial charge >= 0.3 is 5.97 Å². The zero-order valence-electron chi connectivity index (χ0n) is 10.9. The van der Waals surface area contributed by atoms with Crippen LogP contribution in [0.1, 0.15) is 19.4 Å². The van der Waals surface area contributed by atoms with E-state index in [1.54, 1.807) is 12.4 Å². The molecule has 4 heteroatoms. The molecule has 1 rings (SSSR count). The van der Waals surface area contributed by atoms with Crippen LogP contribution in [0, 0.1) is 0 Å². The first-order valence-corrected chi connectivity index (χ1v) is 5.67. The summed E-state index contributed by atoms with van der Waals surface area (Å²) in [5.41, 5.74) is 0.620. The predicted molar refractivity (Wildman–Crippen MR) is 66.7 cm³/mol. The third-order valence-corrected chi connectivity index (χ3v) is 3.12. The highest BCUT2D eigenvalue weighted by Crippen LogP contribution is 2.14. The lowest BCUT2D eigenvalue weighted by molar-refractivity contribution is -0.152. The number of carbonyl (C=O) groups is 1. The Morgan fingerprint density at radius 2 is 2.00 bits per heavy atom. The first-order chi connectivity index (χ1) is 7.98. The van der Waals surface area contributed by atoms with Gasteiger partial charge in [-0.2, -0.15) is 0 Å². The van der Waals surface area contributed by atoms with Crippen LogP contribution in [0.25, 0.3) is 0 Å². The Morgan fingerprint density at radius 1 is 1.41 bits per heavy atom. The average Bonchev–Trinajstić information content (AvgIpc) is 2.35. The van der Waals surface area contributed by atoms with Crippen molar-refractivity contribution in [1.82, 2.24) is 9.88 Å². The lowest BCUT2D eigenvalue weighted by Gasteiger charge is -2.32. The number of ether oxygens (including phenoxy) is 1. The molecule has 94 valence electrons. The summed E-state index contributed by atoms with van der Waals surface area (Å²) in [6, 6.07) is 3.97. The molecule has 17 heavy (non-hydrogen) atoms. The van der Waals surface area contributed by atoms with E-state index in [2.05, 4.69) is 4.98 Å². The quantitative estimate of drug-likeness (QED) is 0.727. The Morgan fingerprint density at radius 3 is 2.53 bits per heavy atom. The summed E-state index contributed by atoms with van der Waals surface area (Å²) in [6.45, 7) is 4.53. The molecule has 1 aromatic rings. The number of hydrogen-bond donors (Lipinski definition) is 0. The van der Waals surface area contributed by atoms with Crippen LogP contribution in [0.4, 0.5) is 0 Å². The van der Waals surface area contributed by atoms with Gasteiger partial charge < -0.3 is 4.74 Å². The third kappa shape index (κ3) is 3.53. The Labute approximate surface area is 103 Å². The molecule has 0 aliphatic rings. The average molecular weight is 236 g/mol. The van der Waals surface area contributed by atoms with Crippen molar-refractivity contribution in [2.24, 2.45) is 0 Å². The van der Waals surface area contributed by atoms with Crippen molar-refractivity contribution < 1.29 is 9.53 Å². The van der Waals surface area contributed by atoms with Gasteiger partial charge in [-0.1, -0.05) is 0 Å². The molecule has 1 heterocycles. The van der Waals surface area contributed by atoms with Crippen LogP contribution in [0.3, 0.4) is 0 Å². The van der Waals surface area contributed by atoms with Crippen LogP contribution in [0.15, 0.2) is 24.5 Å². The zero-order chi connectivity index (χ0) is 12.9. The number of methoxy groups -OCH3 is 1. The third-order valence-electron chi connectivity index (χ3n) is 3.12. The summed E-state index contributed by atoms with van der Waals surface area (Å²) in [4.78, 5) is 17.6. The molecule has 0 atom stereocenters. The largest absolute Gasteiger partial charge is 0.468 e. The van der Waals surface area contributed by atoms with E-state index >= 15 is 0 Å². The van der Waals surface area contributed by atoms with Crippen LogP contribution >= 0.6 is 0 Å². The van der Waals surface area contributed by atoms with Gasteiger partial charge in [-0.25, -0.2) is 0 Å². The standard InChI is InChI=1S/C13H20N2O2/c1-13(2,12(16)17-4)15(3)10-7-11-5-8-14-9-6-11/h5-6,8-9H,7,10H2,1-4H3. The highest BCUT2D eigenvalue weighted by molar-refractivity contribution is 5.79. The minimum absolute atomic E-state index is 0.213. The van der Waals surface area contributed by atoms with Gasteiger partial charge in [0.1, 0.15) is 5.54 Å². The molecule has 1 aromatic heterocycles. The van der Waals surface area contributed by atoms with Crippen LogP contribution in [0.2, 0.25) is 0 Å². The van der Waals surface area contributed by atoms with E-state index in [1.807, 2.05) is 37.9 Å². The van der Waals surface area contributed by atoms with E-state index in [1.165, 1.54) is 12.7 Å². The maximum atomic E-state index is 11.6. The fourth-order valence-electron chi connectivity index (χ4n) is 1.53. The summed E-state index contributed by atoms with van der Waals surface area (Å²) in [7, 11) is 3.35. The monoisotopic (exact) mass is 236 g/mol. The van der Waals surface area contributed by atoms with Gasteiger partial charge in [0, 0.05) is 18.9 Å². The highest BCUT2D eigenvalue weighted by atomic mass is 16.5. The minimum Gasteiger partial charge on any atom is -0.468 e. The van der Waals surface area contributed by atoms with Crippen LogP contribution in [0.5, 0.6) is 0 Å². The topological polar surface area (TPSA) is 42.4 Å². The Hall–Kier alpha value is -1.42. The normalized spacial score (nSPS) is 11.6. The fourth-order valence-corrected chi connectivity index (χ4v) is 1.53. The molecule has 0 fully saturated rings. The first kappa shape index (κ1) is 13.6. The number of rotatable bonds is 5. The van der Waals surface area contributed by atoms with Crippen molar-refractivity contribution in [2.75, 3.05) is 20.7 Å². The van der Waals surface area contributed by atoms with E-state index in [0.29, 0.717) is 0 Å². The maximum Gasteiger partial charge on any atom is 0.325 e. The molecule has 0 spiro atoms. The number of esters is 1. The Kier molecular flexibility index (Phi) is 4.63. The molecule has 0 saturated carbocycles. The number of pyridine rings is 1. The van der Waals surface area contributed by atoms with Gasteiger partial charge in [-0.15, -0.1) is 0 Å². The molecule has 0 radical (unpaired) electrons. The van der Waals surface area contributed by atoms with E-state index < -0.39 is 5.54 Å². The molecule has 0 bridgehead atoms. The van der Waals surface area contributed by atoms with E-state index in [0.717, 1.165) is 13.0 Å². The summed E-state index contributed by atoms with van der Waals surface area (Å²) in [5, 5.41) is 0. The molecule has 0 aliphatic heterocycles. The maximum absolute atomic E-state index is 11.6. The SMILES string of the molecule is COC(=O)C(C)(C)N(C)CCc1ccncc1. The molecular formula is C13H20N2O2. The van der Waals surface area contributed by atoms with Crippen molar-refractivity contribution in [3.63, 3.8) is 0 Å². The predicted octanol–water partition coefficient (Wildman–Crippen LogP) is 1.51. The van der Waals surface area contributed by atoms with Crippen molar-refractivity contribution in [2.45, 2.75) is 25.8 Å². The lowest BCUT2D eigenvalue weighted by atomic mass is 10.0. The Balaban J connectivity index is 2.55. The molecule has 0 amide bonds. The molecule has 0 N–H and O–H groups in total. The summed E-state index contributed by atoms with van der Waals surface area (Å²) in [6.07, 6.45) is 4.45. The van der Waals surface area contributed by atoms with Crippen molar-refractivity contribution in [3.05, 3.63) is 30.1 Å². The number of aromatic nitrogens is 1. The number of likely N-dealkylation sites (N-methyl/N-ethyl adjacent to an activating group) is 1. The second-order valence-electron chi connectivity index (χ2n) is 4.58. The van der Waals surface area contributed by atoms with E-state index in [4.69, 9.17) is 4.74 Å². The van der Waals surface area contributed by atoms with Crippen molar-refractivity contribution in [1.29, 1.82) is 0 Å². The van der Waals surface area contributed by atoms with E-state index in [-0.39, 0.29) is 5.97 Å². The van der Waals surface area contributed by atoms with Gasteiger partial charge in [0.25, 0.3) is 0 Å².